The largest absolute Gasteiger partial charge is 0.318 e. The maximum atomic E-state index is 13.6. The number of nitrogens with zero attached hydrogens (tertiary/aromatic N) is 2. The lowest BCUT2D eigenvalue weighted by molar-refractivity contribution is -0.431. The summed E-state index contributed by atoms with van der Waals surface area (Å²) >= 11 is 7.25. The van der Waals surface area contributed by atoms with E-state index in [9.17, 15) is 18.5 Å². The SMILES string of the molecule is N=C1C(S(=O)(=O)c2ccccc2)C(c2ccc(Cl)cc2)C([N+](=O)[O-])=C2SCCN12. The normalized spacial score (nSPS) is 22.0. The Morgan fingerprint density at radius 2 is 1.79 bits per heavy atom. The molecule has 150 valence electrons. The van der Waals surface area contributed by atoms with Gasteiger partial charge in [-0.25, -0.2) is 8.42 Å². The first kappa shape index (κ1) is 19.9. The predicted octanol–water partition coefficient (Wildman–Crippen LogP) is 3.75. The summed E-state index contributed by atoms with van der Waals surface area (Å²) in [5.41, 5.74) is 0.255. The fourth-order valence-corrected chi connectivity index (χ4v) is 6.90. The average Bonchev–Trinajstić information content (AvgIpc) is 3.18. The van der Waals surface area contributed by atoms with Crippen LogP contribution < -0.4 is 0 Å². The van der Waals surface area contributed by atoms with Gasteiger partial charge in [-0.3, -0.25) is 15.5 Å². The summed E-state index contributed by atoms with van der Waals surface area (Å²) in [5, 5.41) is 20.1. The zero-order valence-corrected chi connectivity index (χ0v) is 17.4. The topological polar surface area (TPSA) is 104 Å². The highest BCUT2D eigenvalue weighted by molar-refractivity contribution is 8.03. The van der Waals surface area contributed by atoms with E-state index in [2.05, 4.69) is 0 Å². The van der Waals surface area contributed by atoms with E-state index in [4.69, 9.17) is 17.0 Å². The number of sulfone groups is 1. The van der Waals surface area contributed by atoms with E-state index in [-0.39, 0.29) is 16.4 Å². The molecule has 2 aliphatic rings. The molecule has 0 aromatic heterocycles. The third-order valence-corrected chi connectivity index (χ3v) is 8.44. The van der Waals surface area contributed by atoms with Crippen LogP contribution in [-0.2, 0) is 9.84 Å². The Kier molecular flexibility index (Phi) is 5.14. The average molecular weight is 450 g/mol. The van der Waals surface area contributed by atoms with Crippen molar-refractivity contribution in [3.8, 4) is 0 Å². The smallest absolute Gasteiger partial charge is 0.285 e. The van der Waals surface area contributed by atoms with Gasteiger partial charge in [-0.1, -0.05) is 53.7 Å². The van der Waals surface area contributed by atoms with Gasteiger partial charge in [-0.15, -0.1) is 0 Å². The zero-order chi connectivity index (χ0) is 20.8. The number of benzene rings is 2. The van der Waals surface area contributed by atoms with E-state index in [1.807, 2.05) is 0 Å². The van der Waals surface area contributed by atoms with Gasteiger partial charge in [0.25, 0.3) is 5.70 Å². The van der Waals surface area contributed by atoms with Crippen LogP contribution >= 0.6 is 23.4 Å². The van der Waals surface area contributed by atoms with Crippen molar-refractivity contribution in [1.29, 1.82) is 5.41 Å². The maximum absolute atomic E-state index is 13.6. The standard InChI is InChI=1S/C19H16ClN3O4S2/c20-13-8-6-12(7-9-13)15-16(23(24)25)19-22(10-11-28-19)18(21)17(15)29(26,27)14-4-2-1-3-5-14/h1-9,15,17,21H,10-11H2. The Morgan fingerprint density at radius 3 is 2.41 bits per heavy atom. The molecule has 1 N–H and O–H groups in total. The third kappa shape index (κ3) is 3.33. The summed E-state index contributed by atoms with van der Waals surface area (Å²) in [4.78, 5) is 13.1. The van der Waals surface area contributed by atoms with Crippen molar-refractivity contribution in [2.75, 3.05) is 12.3 Å². The van der Waals surface area contributed by atoms with Crippen molar-refractivity contribution in [1.82, 2.24) is 4.90 Å². The van der Waals surface area contributed by atoms with Crippen molar-refractivity contribution in [2.45, 2.75) is 16.1 Å². The highest BCUT2D eigenvalue weighted by Crippen LogP contribution is 2.47. The van der Waals surface area contributed by atoms with Gasteiger partial charge in [0.05, 0.1) is 9.82 Å². The fraction of sp³-hybridized carbons (Fsp3) is 0.211. The molecular weight excluding hydrogens is 434 g/mol. The molecule has 2 aliphatic heterocycles. The van der Waals surface area contributed by atoms with Crippen LogP contribution in [0, 0.1) is 15.5 Å². The van der Waals surface area contributed by atoms with E-state index in [1.165, 1.54) is 28.8 Å². The van der Waals surface area contributed by atoms with Crippen molar-refractivity contribution in [3.63, 3.8) is 0 Å². The lowest BCUT2D eigenvalue weighted by atomic mass is 9.89. The van der Waals surface area contributed by atoms with Crippen LogP contribution in [0.15, 0.2) is 70.2 Å². The maximum Gasteiger partial charge on any atom is 0.285 e. The molecule has 0 amide bonds. The monoisotopic (exact) mass is 449 g/mol. The number of thioether (sulfide) groups is 1. The fourth-order valence-electron chi connectivity index (χ4n) is 3.72. The summed E-state index contributed by atoms with van der Waals surface area (Å²) in [6.07, 6.45) is 0. The molecule has 0 saturated carbocycles. The van der Waals surface area contributed by atoms with Crippen LogP contribution in [0.25, 0.3) is 0 Å². The molecule has 0 aliphatic carbocycles. The van der Waals surface area contributed by atoms with Gasteiger partial charge in [0, 0.05) is 17.3 Å². The molecule has 2 unspecified atom stereocenters. The first-order valence-electron chi connectivity index (χ1n) is 8.74. The molecule has 29 heavy (non-hydrogen) atoms. The summed E-state index contributed by atoms with van der Waals surface area (Å²) in [6, 6.07) is 14.1. The summed E-state index contributed by atoms with van der Waals surface area (Å²) < 4.78 is 27.1. The molecule has 10 heteroatoms. The number of allylic oxidation sites excluding steroid dienone is 1. The van der Waals surface area contributed by atoms with Gasteiger partial charge in [-0.05, 0) is 29.8 Å². The summed E-state index contributed by atoms with van der Waals surface area (Å²) in [6.45, 7) is 0.365. The van der Waals surface area contributed by atoms with Crippen molar-refractivity contribution in [3.05, 3.63) is 86.0 Å². The number of nitro groups is 1. The molecule has 2 heterocycles. The highest BCUT2D eigenvalue weighted by Gasteiger charge is 2.54. The van der Waals surface area contributed by atoms with Crippen LogP contribution in [0.5, 0.6) is 0 Å². The van der Waals surface area contributed by atoms with Gasteiger partial charge in [-0.2, -0.15) is 0 Å². The lowest BCUT2D eigenvalue weighted by Crippen LogP contribution is -2.49. The number of rotatable bonds is 4. The van der Waals surface area contributed by atoms with Crippen molar-refractivity contribution < 1.29 is 13.3 Å². The van der Waals surface area contributed by atoms with Gasteiger partial charge in [0.15, 0.2) is 14.9 Å². The Hall–Kier alpha value is -2.36. The first-order valence-corrected chi connectivity index (χ1v) is 11.6. The van der Waals surface area contributed by atoms with Gasteiger partial charge in [0.1, 0.15) is 17.0 Å². The van der Waals surface area contributed by atoms with Crippen LogP contribution in [0.3, 0.4) is 0 Å². The third-order valence-electron chi connectivity index (χ3n) is 5.01. The molecule has 2 atom stereocenters. The predicted molar refractivity (Wildman–Crippen MR) is 113 cm³/mol. The molecule has 1 fully saturated rings. The second-order valence-electron chi connectivity index (χ2n) is 6.64. The molecule has 2 aromatic carbocycles. The van der Waals surface area contributed by atoms with E-state index in [1.54, 1.807) is 42.5 Å². The minimum absolute atomic E-state index is 0.0340. The van der Waals surface area contributed by atoms with Crippen molar-refractivity contribution >= 4 is 39.0 Å². The molecular formula is C19H16ClN3O4S2. The molecule has 0 radical (unpaired) electrons. The molecule has 7 nitrogen and oxygen atoms in total. The van der Waals surface area contributed by atoms with E-state index >= 15 is 0 Å². The molecule has 2 aromatic rings. The van der Waals surface area contributed by atoms with E-state index in [0.29, 0.717) is 27.9 Å². The van der Waals surface area contributed by atoms with Crippen molar-refractivity contribution in [2.24, 2.45) is 0 Å². The molecule has 4 rings (SSSR count). The van der Waals surface area contributed by atoms with Gasteiger partial charge >= 0.3 is 0 Å². The Morgan fingerprint density at radius 1 is 1.14 bits per heavy atom. The number of hydrogen-bond acceptors (Lipinski definition) is 6. The lowest BCUT2D eigenvalue weighted by Gasteiger charge is -2.35. The summed E-state index contributed by atoms with van der Waals surface area (Å²) in [5.74, 6) is -0.697. The van der Waals surface area contributed by atoms with E-state index < -0.39 is 25.9 Å². The number of nitrogens with one attached hydrogen (secondary N) is 1. The summed E-state index contributed by atoms with van der Waals surface area (Å²) in [7, 11) is -4.07. The van der Waals surface area contributed by atoms with Crippen LogP contribution in [0.1, 0.15) is 11.5 Å². The number of fused-ring (bicyclic) bond motifs is 1. The minimum Gasteiger partial charge on any atom is -0.318 e. The van der Waals surface area contributed by atoms with Gasteiger partial charge < -0.3 is 4.90 Å². The van der Waals surface area contributed by atoms with Crippen LogP contribution in [-0.4, -0.2) is 41.6 Å². The second kappa shape index (κ2) is 7.47. The Bertz CT molecular complexity index is 1120. The van der Waals surface area contributed by atoms with E-state index in [0.717, 1.165) is 0 Å². The number of amidine groups is 1. The molecule has 1 saturated heterocycles. The molecule has 0 bridgehead atoms. The highest BCUT2D eigenvalue weighted by atomic mass is 35.5. The number of halogens is 1. The minimum atomic E-state index is -4.07. The number of hydrogen-bond donors (Lipinski definition) is 1. The molecule has 0 spiro atoms. The van der Waals surface area contributed by atoms with Gasteiger partial charge in [0.2, 0.25) is 0 Å². The van der Waals surface area contributed by atoms with Crippen LogP contribution in [0.4, 0.5) is 0 Å². The van der Waals surface area contributed by atoms with Crippen LogP contribution in [0.2, 0.25) is 5.02 Å². The second-order valence-corrected chi connectivity index (χ2v) is 10.2. The zero-order valence-electron chi connectivity index (χ0n) is 15.0. The Balaban J connectivity index is 1.98. The first-order chi connectivity index (χ1) is 13.8. The Labute approximate surface area is 176 Å². The quantitative estimate of drug-likeness (QED) is 0.563.